The predicted octanol–water partition coefficient (Wildman–Crippen LogP) is 1.90. The topological polar surface area (TPSA) is 95.3 Å². The summed E-state index contributed by atoms with van der Waals surface area (Å²) in [5, 5.41) is 19.0. The van der Waals surface area contributed by atoms with Crippen molar-refractivity contribution < 1.29 is 10.2 Å². The molecule has 7 nitrogen and oxygen atoms in total. The molecule has 2 N–H and O–H groups in total. The number of fused-ring (bicyclic) bond motifs is 1. The molecule has 0 radical (unpaired) electrons. The van der Waals surface area contributed by atoms with Crippen LogP contribution in [0.3, 0.4) is 0 Å². The third-order valence-corrected chi connectivity index (χ3v) is 4.28. The number of nitrogens with zero attached hydrogens (tertiary/aromatic N) is 5. The molecule has 1 aromatic carbocycles. The third-order valence-electron chi connectivity index (χ3n) is 4.28. The normalized spacial score (nSPS) is 14.2. The third kappa shape index (κ3) is 3.27. The molecule has 7 heteroatoms. The zero-order valence-electron chi connectivity index (χ0n) is 13.5. The van der Waals surface area contributed by atoms with E-state index in [-0.39, 0.29) is 11.5 Å². The first-order chi connectivity index (χ1) is 12.2. The second-order valence-corrected chi connectivity index (χ2v) is 6.08. The number of rotatable bonds is 3. The lowest BCUT2D eigenvalue weighted by Crippen LogP contribution is -2.30. The van der Waals surface area contributed by atoms with E-state index in [0.717, 1.165) is 41.9 Å². The minimum Gasteiger partial charge on any atom is -0.504 e. The van der Waals surface area contributed by atoms with Crippen molar-refractivity contribution in [1.82, 2.24) is 24.8 Å². The van der Waals surface area contributed by atoms with Crippen molar-refractivity contribution in [3.63, 3.8) is 0 Å². The molecule has 3 heterocycles. The Labute approximate surface area is 144 Å². The average Bonchev–Trinajstić information content (AvgIpc) is 2.65. The molecule has 0 bridgehead atoms. The van der Waals surface area contributed by atoms with Gasteiger partial charge in [-0.15, -0.1) is 0 Å². The summed E-state index contributed by atoms with van der Waals surface area (Å²) in [5.74, 6) is 0.461. The first-order valence-electron chi connectivity index (χ1n) is 8.02. The molecule has 2 aromatic heterocycles. The zero-order chi connectivity index (χ0) is 17.2. The fourth-order valence-electron chi connectivity index (χ4n) is 2.99. The van der Waals surface area contributed by atoms with Crippen LogP contribution in [-0.2, 0) is 19.5 Å². The van der Waals surface area contributed by atoms with Crippen LogP contribution in [0.25, 0.3) is 11.4 Å². The Morgan fingerprint density at radius 1 is 1.04 bits per heavy atom. The van der Waals surface area contributed by atoms with Gasteiger partial charge in [0.15, 0.2) is 17.3 Å². The van der Waals surface area contributed by atoms with E-state index < -0.39 is 0 Å². The smallest absolute Gasteiger partial charge is 0.162 e. The monoisotopic (exact) mass is 335 g/mol. The van der Waals surface area contributed by atoms with Gasteiger partial charge in [-0.1, -0.05) is 6.07 Å². The van der Waals surface area contributed by atoms with Crippen molar-refractivity contribution in [2.24, 2.45) is 0 Å². The van der Waals surface area contributed by atoms with Crippen LogP contribution in [0.15, 0.2) is 43.1 Å². The molecule has 3 aromatic rings. The van der Waals surface area contributed by atoms with Crippen LogP contribution in [0.2, 0.25) is 0 Å². The van der Waals surface area contributed by atoms with Gasteiger partial charge in [0.1, 0.15) is 6.33 Å². The Balaban J connectivity index is 1.51. The number of hydrogen-bond donors (Lipinski definition) is 2. The summed E-state index contributed by atoms with van der Waals surface area (Å²) in [6.07, 6.45) is 7.61. The molecule has 1 aliphatic heterocycles. The molecule has 0 spiro atoms. The van der Waals surface area contributed by atoms with Gasteiger partial charge >= 0.3 is 0 Å². The highest BCUT2D eigenvalue weighted by Gasteiger charge is 2.19. The fourth-order valence-corrected chi connectivity index (χ4v) is 2.99. The highest BCUT2D eigenvalue weighted by molar-refractivity contribution is 5.52. The van der Waals surface area contributed by atoms with E-state index in [1.54, 1.807) is 18.5 Å². The van der Waals surface area contributed by atoms with Crippen molar-refractivity contribution in [1.29, 1.82) is 0 Å². The fraction of sp³-hybridized carbons (Fsp3) is 0.222. The minimum atomic E-state index is -0.0986. The van der Waals surface area contributed by atoms with Crippen LogP contribution in [0.4, 0.5) is 0 Å². The lowest BCUT2D eigenvalue weighted by Gasteiger charge is -2.28. The summed E-state index contributed by atoms with van der Waals surface area (Å²) >= 11 is 0. The second kappa shape index (κ2) is 6.45. The Morgan fingerprint density at radius 3 is 2.68 bits per heavy atom. The van der Waals surface area contributed by atoms with E-state index in [2.05, 4.69) is 24.8 Å². The second-order valence-electron chi connectivity index (χ2n) is 6.08. The Morgan fingerprint density at radius 2 is 1.88 bits per heavy atom. The first-order valence-corrected chi connectivity index (χ1v) is 8.02. The van der Waals surface area contributed by atoms with Crippen molar-refractivity contribution >= 4 is 0 Å². The molecular formula is C18H17N5O2. The van der Waals surface area contributed by atoms with Crippen molar-refractivity contribution in [3.05, 3.63) is 59.9 Å². The summed E-state index contributed by atoms with van der Waals surface area (Å²) in [6.45, 7) is 2.32. The summed E-state index contributed by atoms with van der Waals surface area (Å²) in [7, 11) is 0. The van der Waals surface area contributed by atoms with Gasteiger partial charge in [-0.2, -0.15) is 0 Å². The van der Waals surface area contributed by atoms with Crippen molar-refractivity contribution in [2.75, 3.05) is 6.54 Å². The maximum absolute atomic E-state index is 9.63. The van der Waals surface area contributed by atoms with E-state index >= 15 is 0 Å². The summed E-state index contributed by atoms with van der Waals surface area (Å²) in [6, 6.07) is 4.93. The standard InChI is InChI=1S/C18H17N5O2/c24-16-2-1-12(5-17(16)25)9-23-4-3-15-14(10-23)8-21-18(22-15)13-6-19-11-20-7-13/h1-2,5-8,11,24-25H,3-4,9-10H2. The average molecular weight is 335 g/mol. The summed E-state index contributed by atoms with van der Waals surface area (Å²) in [4.78, 5) is 19.4. The predicted molar refractivity (Wildman–Crippen MR) is 90.6 cm³/mol. The molecule has 0 saturated heterocycles. The van der Waals surface area contributed by atoms with Crippen LogP contribution >= 0.6 is 0 Å². The van der Waals surface area contributed by atoms with Crippen LogP contribution in [0.1, 0.15) is 16.8 Å². The number of phenolic OH excluding ortho intramolecular Hbond substituents is 2. The van der Waals surface area contributed by atoms with E-state index in [9.17, 15) is 10.2 Å². The largest absolute Gasteiger partial charge is 0.504 e. The lowest BCUT2D eigenvalue weighted by molar-refractivity contribution is 0.242. The van der Waals surface area contributed by atoms with Crippen LogP contribution in [-0.4, -0.2) is 41.6 Å². The first kappa shape index (κ1) is 15.5. The summed E-state index contributed by atoms with van der Waals surface area (Å²) in [5.41, 5.74) is 3.93. The van der Waals surface area contributed by atoms with E-state index in [4.69, 9.17) is 0 Å². The zero-order valence-corrected chi connectivity index (χ0v) is 13.5. The Bertz CT molecular complexity index is 901. The molecule has 0 saturated carbocycles. The van der Waals surface area contributed by atoms with Gasteiger partial charge < -0.3 is 10.2 Å². The summed E-state index contributed by atoms with van der Waals surface area (Å²) < 4.78 is 0. The molecule has 0 atom stereocenters. The van der Waals surface area contributed by atoms with Gasteiger partial charge in [-0.05, 0) is 17.7 Å². The number of aromatic hydroxyl groups is 2. The Kier molecular flexibility index (Phi) is 3.99. The molecule has 1 aliphatic rings. The van der Waals surface area contributed by atoms with Gasteiger partial charge in [0, 0.05) is 50.2 Å². The van der Waals surface area contributed by atoms with E-state index in [1.165, 1.54) is 12.4 Å². The van der Waals surface area contributed by atoms with Crippen LogP contribution < -0.4 is 0 Å². The molecule has 0 unspecified atom stereocenters. The number of benzene rings is 1. The van der Waals surface area contributed by atoms with Crippen molar-refractivity contribution in [2.45, 2.75) is 19.5 Å². The van der Waals surface area contributed by atoms with Gasteiger partial charge in [0.05, 0.1) is 11.3 Å². The van der Waals surface area contributed by atoms with E-state index in [0.29, 0.717) is 12.4 Å². The maximum atomic E-state index is 9.63. The molecule has 0 fully saturated rings. The lowest BCUT2D eigenvalue weighted by atomic mass is 10.1. The maximum Gasteiger partial charge on any atom is 0.162 e. The quantitative estimate of drug-likeness (QED) is 0.706. The molecular weight excluding hydrogens is 318 g/mol. The van der Waals surface area contributed by atoms with E-state index in [1.807, 2.05) is 12.3 Å². The van der Waals surface area contributed by atoms with Crippen LogP contribution in [0, 0.1) is 0 Å². The number of phenols is 2. The molecule has 25 heavy (non-hydrogen) atoms. The molecule has 126 valence electrons. The minimum absolute atomic E-state index is 0.0898. The SMILES string of the molecule is Oc1ccc(CN2CCc3nc(-c4cncnc4)ncc3C2)cc1O. The number of aromatic nitrogens is 4. The Hall–Kier alpha value is -3.06. The number of hydrogen-bond acceptors (Lipinski definition) is 7. The molecule has 0 aliphatic carbocycles. The highest BCUT2D eigenvalue weighted by Crippen LogP contribution is 2.27. The van der Waals surface area contributed by atoms with Crippen LogP contribution in [0.5, 0.6) is 11.5 Å². The van der Waals surface area contributed by atoms with Gasteiger partial charge in [-0.3, -0.25) is 4.90 Å². The highest BCUT2D eigenvalue weighted by atomic mass is 16.3. The molecule has 0 amide bonds. The van der Waals surface area contributed by atoms with Gasteiger partial charge in [0.2, 0.25) is 0 Å². The van der Waals surface area contributed by atoms with Crippen molar-refractivity contribution in [3.8, 4) is 22.9 Å². The van der Waals surface area contributed by atoms with Gasteiger partial charge in [0.25, 0.3) is 0 Å². The van der Waals surface area contributed by atoms with Gasteiger partial charge in [-0.25, -0.2) is 19.9 Å². The molecule has 4 rings (SSSR count).